The highest BCUT2D eigenvalue weighted by Crippen LogP contribution is 2.32. The first kappa shape index (κ1) is 16.1. The summed E-state index contributed by atoms with van der Waals surface area (Å²) in [7, 11) is 0. The molecule has 2 atom stereocenters. The number of hydrogen-bond acceptors (Lipinski definition) is 4. The molecule has 0 heterocycles. The van der Waals surface area contributed by atoms with Crippen molar-refractivity contribution < 1.29 is 38.1 Å². The molecule has 0 amide bonds. The van der Waals surface area contributed by atoms with E-state index in [0.717, 1.165) is 6.07 Å². The minimum atomic E-state index is -4.69. The molecule has 2 unspecified atom stereocenters. The third-order valence-electron chi connectivity index (χ3n) is 2.61. The van der Waals surface area contributed by atoms with Gasteiger partial charge in [0.2, 0.25) is 0 Å². The lowest BCUT2D eigenvalue weighted by atomic mass is 9.95. The Kier molecular flexibility index (Phi) is 4.85. The molecule has 20 heavy (non-hydrogen) atoms. The van der Waals surface area contributed by atoms with Gasteiger partial charge in [0.15, 0.2) is 0 Å². The van der Waals surface area contributed by atoms with Crippen LogP contribution in [0, 0.1) is 0 Å². The second-order valence-electron chi connectivity index (χ2n) is 4.07. The van der Waals surface area contributed by atoms with Crippen molar-refractivity contribution in [2.75, 3.05) is 0 Å². The fraction of sp³-hybridized carbons (Fsp3) is 0.333. The maximum atomic E-state index is 12.6. The van der Waals surface area contributed by atoms with Gasteiger partial charge in [0.1, 0.15) is 12.4 Å². The second-order valence-corrected chi connectivity index (χ2v) is 4.07. The number of alkyl halides is 3. The minimum absolute atomic E-state index is 0.214. The minimum Gasteiger partial charge on any atom is -0.481 e. The van der Waals surface area contributed by atoms with Crippen molar-refractivity contribution in [2.24, 2.45) is 0 Å². The van der Waals surface area contributed by atoms with Crippen LogP contribution in [0.25, 0.3) is 0 Å². The molecule has 0 radical (unpaired) electrons. The summed E-state index contributed by atoms with van der Waals surface area (Å²) in [6.45, 7) is 0. The van der Waals surface area contributed by atoms with Crippen molar-refractivity contribution in [3.63, 3.8) is 0 Å². The summed E-state index contributed by atoms with van der Waals surface area (Å²) in [4.78, 5) is 21.2. The Balaban J connectivity index is 3.20. The molecule has 0 bridgehead atoms. The van der Waals surface area contributed by atoms with Crippen LogP contribution in [-0.4, -0.2) is 33.7 Å². The highest BCUT2D eigenvalue weighted by atomic mass is 19.4. The monoisotopic (exact) mass is 292 g/mol. The van der Waals surface area contributed by atoms with Crippen LogP contribution in [0.5, 0.6) is 0 Å². The molecule has 0 aromatic heterocycles. The number of halogens is 3. The third kappa shape index (κ3) is 3.78. The summed E-state index contributed by atoms with van der Waals surface area (Å²) in [5.41, 5.74) is -1.84. The van der Waals surface area contributed by atoms with Crippen LogP contribution in [0.4, 0.5) is 13.2 Å². The van der Waals surface area contributed by atoms with Crippen LogP contribution in [0.3, 0.4) is 0 Å². The molecule has 0 aliphatic heterocycles. The molecule has 0 spiro atoms. The van der Waals surface area contributed by atoms with Crippen molar-refractivity contribution in [2.45, 2.75) is 24.8 Å². The maximum Gasteiger partial charge on any atom is 0.416 e. The fourth-order valence-corrected chi connectivity index (χ4v) is 1.61. The molecule has 8 heteroatoms. The number of rotatable bonds is 5. The van der Waals surface area contributed by atoms with Crippen molar-refractivity contribution in [3.05, 3.63) is 34.9 Å². The predicted molar refractivity (Wildman–Crippen MR) is 60.1 cm³/mol. The van der Waals surface area contributed by atoms with Gasteiger partial charge < -0.3 is 15.3 Å². The molecule has 0 saturated heterocycles. The second kappa shape index (κ2) is 6.02. The quantitative estimate of drug-likeness (QED) is 0.713. The van der Waals surface area contributed by atoms with Crippen molar-refractivity contribution in [3.8, 4) is 0 Å². The zero-order valence-electron chi connectivity index (χ0n) is 9.96. The van der Waals surface area contributed by atoms with E-state index in [-0.39, 0.29) is 11.8 Å². The number of carbonyl (C=O) groups is 2. The standard InChI is InChI=1S/C12H11F3O5/c13-12(14,15)7-2-1-6(5-16)8(3-7)11(20)9(17)4-10(18)19/h1-3,5,9,11,17,20H,4H2,(H,18,19). The number of aldehydes is 1. The van der Waals surface area contributed by atoms with Crippen LogP contribution in [-0.2, 0) is 11.0 Å². The lowest BCUT2D eigenvalue weighted by Gasteiger charge is -2.19. The molecule has 110 valence electrons. The molecule has 0 fully saturated rings. The fourth-order valence-electron chi connectivity index (χ4n) is 1.61. The largest absolute Gasteiger partial charge is 0.481 e. The van der Waals surface area contributed by atoms with Gasteiger partial charge in [-0.15, -0.1) is 0 Å². The topological polar surface area (TPSA) is 94.8 Å². The predicted octanol–water partition coefficient (Wildman–Crippen LogP) is 1.39. The maximum absolute atomic E-state index is 12.6. The first-order chi connectivity index (χ1) is 9.16. The number of carboxylic acid groups (broad SMARTS) is 1. The number of aliphatic hydroxyl groups excluding tert-OH is 2. The van der Waals surface area contributed by atoms with E-state index in [1.54, 1.807) is 0 Å². The summed E-state index contributed by atoms with van der Waals surface area (Å²) in [6.07, 6.45) is -9.07. The van der Waals surface area contributed by atoms with Crippen molar-refractivity contribution in [1.82, 2.24) is 0 Å². The molecule has 1 rings (SSSR count). The number of hydrogen-bond donors (Lipinski definition) is 3. The van der Waals surface area contributed by atoms with Gasteiger partial charge in [-0.1, -0.05) is 6.07 Å². The van der Waals surface area contributed by atoms with E-state index in [4.69, 9.17) is 5.11 Å². The molecule has 1 aromatic carbocycles. The number of aliphatic carboxylic acids is 1. The van der Waals surface area contributed by atoms with Gasteiger partial charge in [0.25, 0.3) is 0 Å². The Morgan fingerprint density at radius 3 is 2.35 bits per heavy atom. The zero-order chi connectivity index (χ0) is 15.5. The van der Waals surface area contributed by atoms with E-state index < -0.39 is 41.9 Å². The Labute approximate surface area is 111 Å². The summed E-state index contributed by atoms with van der Waals surface area (Å²) in [5.74, 6) is -1.43. The highest BCUT2D eigenvalue weighted by Gasteiger charge is 2.32. The van der Waals surface area contributed by atoms with Crippen LogP contribution in [0.2, 0.25) is 0 Å². The number of aliphatic hydroxyl groups is 2. The normalized spacial score (nSPS) is 14.7. The molecule has 0 aliphatic carbocycles. The van der Waals surface area contributed by atoms with Gasteiger partial charge in [0.05, 0.1) is 18.1 Å². The van der Waals surface area contributed by atoms with E-state index in [1.165, 1.54) is 0 Å². The van der Waals surface area contributed by atoms with Gasteiger partial charge in [-0.05, 0) is 17.7 Å². The summed E-state index contributed by atoms with van der Waals surface area (Å²) < 4.78 is 37.7. The van der Waals surface area contributed by atoms with Crippen LogP contribution in [0.15, 0.2) is 18.2 Å². The molecule has 0 saturated carbocycles. The summed E-state index contributed by atoms with van der Waals surface area (Å²) in [5, 5.41) is 27.6. The first-order valence-electron chi connectivity index (χ1n) is 5.41. The first-order valence-corrected chi connectivity index (χ1v) is 5.41. The molecule has 3 N–H and O–H groups in total. The lowest BCUT2D eigenvalue weighted by Crippen LogP contribution is -2.23. The van der Waals surface area contributed by atoms with Crippen LogP contribution >= 0.6 is 0 Å². The lowest BCUT2D eigenvalue weighted by molar-refractivity contribution is -0.141. The van der Waals surface area contributed by atoms with Gasteiger partial charge in [-0.3, -0.25) is 9.59 Å². The van der Waals surface area contributed by atoms with Gasteiger partial charge >= 0.3 is 12.1 Å². The van der Waals surface area contributed by atoms with Gasteiger partial charge in [-0.25, -0.2) is 0 Å². The van der Waals surface area contributed by atoms with E-state index in [0.29, 0.717) is 12.1 Å². The summed E-state index contributed by atoms with van der Waals surface area (Å²) in [6, 6.07) is 2.02. The van der Waals surface area contributed by atoms with Crippen molar-refractivity contribution >= 4 is 12.3 Å². The molecule has 0 aliphatic rings. The van der Waals surface area contributed by atoms with Gasteiger partial charge in [0, 0.05) is 5.56 Å². The van der Waals surface area contributed by atoms with E-state index in [9.17, 15) is 33.0 Å². The average Bonchev–Trinajstić information content (AvgIpc) is 2.35. The van der Waals surface area contributed by atoms with E-state index >= 15 is 0 Å². The highest BCUT2D eigenvalue weighted by molar-refractivity contribution is 5.78. The molecular weight excluding hydrogens is 281 g/mol. The van der Waals surface area contributed by atoms with E-state index in [1.807, 2.05) is 0 Å². The van der Waals surface area contributed by atoms with Crippen molar-refractivity contribution in [1.29, 1.82) is 0 Å². The van der Waals surface area contributed by atoms with Crippen LogP contribution < -0.4 is 0 Å². The smallest absolute Gasteiger partial charge is 0.416 e. The Morgan fingerprint density at radius 1 is 1.30 bits per heavy atom. The number of carbonyl (C=O) groups excluding carboxylic acids is 1. The number of benzene rings is 1. The zero-order valence-corrected chi connectivity index (χ0v) is 9.96. The van der Waals surface area contributed by atoms with E-state index in [2.05, 4.69) is 0 Å². The molecule has 5 nitrogen and oxygen atoms in total. The number of carboxylic acids is 1. The Morgan fingerprint density at radius 2 is 1.90 bits per heavy atom. The molecular formula is C12H11F3O5. The van der Waals surface area contributed by atoms with Crippen LogP contribution in [0.1, 0.15) is 34.0 Å². The van der Waals surface area contributed by atoms with Gasteiger partial charge in [-0.2, -0.15) is 13.2 Å². The Bertz CT molecular complexity index is 512. The third-order valence-corrected chi connectivity index (χ3v) is 2.61. The molecule has 1 aromatic rings. The summed E-state index contributed by atoms with van der Waals surface area (Å²) >= 11 is 0. The Hall–Kier alpha value is -1.93. The SMILES string of the molecule is O=Cc1ccc(C(F)(F)F)cc1C(O)C(O)CC(=O)O. The average molecular weight is 292 g/mol.